The minimum atomic E-state index is -0.200. The summed E-state index contributed by atoms with van der Waals surface area (Å²) in [5, 5.41) is 0.326. The number of rotatable bonds is 1. The fourth-order valence-corrected chi connectivity index (χ4v) is 2.67. The lowest BCUT2D eigenvalue weighted by atomic mass is 10.0. The number of hydrogen-bond acceptors (Lipinski definition) is 3. The number of para-hydroxylation sites is 1. The van der Waals surface area contributed by atoms with Crippen LogP contribution in [0.2, 0.25) is 5.02 Å². The van der Waals surface area contributed by atoms with Gasteiger partial charge in [-0.3, -0.25) is 4.79 Å². The molecule has 1 amide bonds. The minimum absolute atomic E-state index is 0.200. The van der Waals surface area contributed by atoms with Gasteiger partial charge in [-0.15, -0.1) is 0 Å². The van der Waals surface area contributed by atoms with E-state index in [-0.39, 0.29) is 11.6 Å². The maximum Gasteiger partial charge on any atom is 0.278 e. The maximum atomic E-state index is 12.7. The number of aromatic nitrogens is 1. The number of nitrogens with zero attached hydrogens (tertiary/aromatic N) is 2. The smallest absolute Gasteiger partial charge is 0.278 e. The van der Waals surface area contributed by atoms with Crippen LogP contribution in [0, 0.1) is 0 Å². The molecule has 4 nitrogen and oxygen atoms in total. The molecule has 0 radical (unpaired) electrons. The van der Waals surface area contributed by atoms with Crippen LogP contribution in [0.25, 0.3) is 0 Å². The number of carbonyl (C=O) groups is 1. The summed E-state index contributed by atoms with van der Waals surface area (Å²) < 4.78 is 0. The van der Waals surface area contributed by atoms with E-state index in [0.717, 1.165) is 18.5 Å². The van der Waals surface area contributed by atoms with Crippen molar-refractivity contribution in [1.82, 2.24) is 4.98 Å². The number of aryl methyl sites for hydroxylation is 1. The molecule has 0 aliphatic carbocycles. The second-order valence-corrected chi connectivity index (χ2v) is 5.16. The number of benzene rings is 1. The number of fused-ring (bicyclic) bond motifs is 1. The van der Waals surface area contributed by atoms with Crippen LogP contribution in [-0.4, -0.2) is 17.4 Å². The van der Waals surface area contributed by atoms with Crippen LogP contribution in [-0.2, 0) is 6.42 Å². The maximum absolute atomic E-state index is 12.7. The van der Waals surface area contributed by atoms with Crippen molar-refractivity contribution in [3.63, 3.8) is 0 Å². The van der Waals surface area contributed by atoms with E-state index >= 15 is 0 Å². The summed E-state index contributed by atoms with van der Waals surface area (Å²) in [6.07, 6.45) is 1.92. The molecule has 0 unspecified atom stereocenters. The van der Waals surface area contributed by atoms with Crippen LogP contribution in [0.3, 0.4) is 0 Å². The van der Waals surface area contributed by atoms with Gasteiger partial charge in [0.15, 0.2) is 0 Å². The molecule has 0 saturated carbocycles. The Morgan fingerprint density at radius 3 is 2.90 bits per heavy atom. The molecule has 0 bridgehead atoms. The summed E-state index contributed by atoms with van der Waals surface area (Å²) in [6.45, 7) is 0.669. The molecule has 0 saturated heterocycles. The summed E-state index contributed by atoms with van der Waals surface area (Å²) in [6, 6.07) is 11.1. The van der Waals surface area contributed by atoms with Crippen molar-refractivity contribution >= 4 is 29.0 Å². The SMILES string of the molecule is Nc1ccc(Cl)c(C(=O)N2CCCc3ccccc32)n1. The number of nitrogen functional groups attached to an aromatic ring is 1. The second kappa shape index (κ2) is 5.13. The fourth-order valence-electron chi connectivity index (χ4n) is 2.48. The van der Waals surface area contributed by atoms with Crippen LogP contribution in [0.5, 0.6) is 0 Å². The highest BCUT2D eigenvalue weighted by Crippen LogP contribution is 2.29. The molecular formula is C15H14ClN3O. The van der Waals surface area contributed by atoms with Crippen LogP contribution in [0.15, 0.2) is 36.4 Å². The van der Waals surface area contributed by atoms with Gasteiger partial charge in [-0.1, -0.05) is 29.8 Å². The molecule has 102 valence electrons. The van der Waals surface area contributed by atoms with Crippen molar-refractivity contribution in [3.8, 4) is 0 Å². The van der Waals surface area contributed by atoms with Gasteiger partial charge in [-0.05, 0) is 36.6 Å². The second-order valence-electron chi connectivity index (χ2n) is 4.76. The zero-order valence-corrected chi connectivity index (χ0v) is 11.6. The first-order valence-corrected chi connectivity index (χ1v) is 6.86. The van der Waals surface area contributed by atoms with Gasteiger partial charge in [-0.2, -0.15) is 0 Å². The monoisotopic (exact) mass is 287 g/mol. The molecule has 1 aromatic carbocycles. The van der Waals surface area contributed by atoms with Crippen LogP contribution in [0.4, 0.5) is 11.5 Å². The predicted molar refractivity (Wildman–Crippen MR) is 80.1 cm³/mol. The summed E-state index contributed by atoms with van der Waals surface area (Å²) in [4.78, 5) is 18.5. The van der Waals surface area contributed by atoms with Gasteiger partial charge in [0.1, 0.15) is 11.5 Å². The highest BCUT2D eigenvalue weighted by molar-refractivity contribution is 6.34. The largest absolute Gasteiger partial charge is 0.384 e. The first-order valence-electron chi connectivity index (χ1n) is 6.48. The van der Waals surface area contributed by atoms with Crippen molar-refractivity contribution in [1.29, 1.82) is 0 Å². The average molecular weight is 288 g/mol. The van der Waals surface area contributed by atoms with E-state index in [2.05, 4.69) is 4.98 Å². The van der Waals surface area contributed by atoms with E-state index < -0.39 is 0 Å². The average Bonchev–Trinajstić information content (AvgIpc) is 2.48. The number of pyridine rings is 1. The molecule has 2 N–H and O–H groups in total. The lowest BCUT2D eigenvalue weighted by Crippen LogP contribution is -2.36. The zero-order valence-electron chi connectivity index (χ0n) is 10.8. The van der Waals surface area contributed by atoms with Crippen LogP contribution < -0.4 is 10.6 Å². The normalized spacial score (nSPS) is 13.9. The fraction of sp³-hybridized carbons (Fsp3) is 0.200. The third kappa shape index (κ3) is 2.23. The Morgan fingerprint density at radius 1 is 1.25 bits per heavy atom. The van der Waals surface area contributed by atoms with Gasteiger partial charge in [-0.25, -0.2) is 4.98 Å². The summed E-state index contributed by atoms with van der Waals surface area (Å²) in [5.74, 6) is 0.0949. The number of amides is 1. The predicted octanol–water partition coefficient (Wildman–Crippen LogP) is 2.91. The molecule has 0 fully saturated rings. The highest BCUT2D eigenvalue weighted by Gasteiger charge is 2.25. The molecule has 20 heavy (non-hydrogen) atoms. The zero-order chi connectivity index (χ0) is 14.1. The Bertz CT molecular complexity index is 672. The van der Waals surface area contributed by atoms with Gasteiger partial charge in [0.2, 0.25) is 0 Å². The molecular weight excluding hydrogens is 274 g/mol. The Hall–Kier alpha value is -2.07. The van der Waals surface area contributed by atoms with E-state index in [9.17, 15) is 4.79 Å². The lowest BCUT2D eigenvalue weighted by Gasteiger charge is -2.29. The van der Waals surface area contributed by atoms with Crippen molar-refractivity contribution in [2.75, 3.05) is 17.2 Å². The van der Waals surface area contributed by atoms with Gasteiger partial charge >= 0.3 is 0 Å². The van der Waals surface area contributed by atoms with Gasteiger partial charge in [0.05, 0.1) is 5.02 Å². The number of nitrogens with two attached hydrogens (primary N) is 1. The quantitative estimate of drug-likeness (QED) is 0.877. The number of carbonyl (C=O) groups excluding carboxylic acids is 1. The molecule has 3 rings (SSSR count). The summed E-state index contributed by atoms with van der Waals surface area (Å²) in [7, 11) is 0. The molecule has 1 aliphatic heterocycles. The Morgan fingerprint density at radius 2 is 2.05 bits per heavy atom. The van der Waals surface area contributed by atoms with E-state index in [1.54, 1.807) is 17.0 Å². The first kappa shape index (κ1) is 12.9. The van der Waals surface area contributed by atoms with Gasteiger partial charge in [0, 0.05) is 12.2 Å². The van der Waals surface area contributed by atoms with Gasteiger partial charge in [0.25, 0.3) is 5.91 Å². The standard InChI is InChI=1S/C15H14ClN3O/c16-11-7-8-13(17)18-14(11)15(20)19-9-3-5-10-4-1-2-6-12(10)19/h1-2,4,6-8H,3,5,9H2,(H2,17,18). The molecule has 5 heteroatoms. The van der Waals surface area contributed by atoms with E-state index in [0.29, 0.717) is 17.4 Å². The van der Waals surface area contributed by atoms with Crippen molar-refractivity contribution in [2.24, 2.45) is 0 Å². The minimum Gasteiger partial charge on any atom is -0.384 e. The summed E-state index contributed by atoms with van der Waals surface area (Å²) >= 11 is 6.07. The Kier molecular flexibility index (Phi) is 3.32. The van der Waals surface area contributed by atoms with E-state index in [1.807, 2.05) is 24.3 Å². The number of anilines is 2. The molecule has 0 atom stereocenters. The van der Waals surface area contributed by atoms with Crippen molar-refractivity contribution < 1.29 is 4.79 Å². The molecule has 2 aromatic rings. The third-order valence-electron chi connectivity index (χ3n) is 3.43. The first-order chi connectivity index (χ1) is 9.66. The summed E-state index contributed by atoms with van der Waals surface area (Å²) in [5.41, 5.74) is 7.97. The van der Waals surface area contributed by atoms with Crippen LogP contribution >= 0.6 is 11.6 Å². The Labute approximate surface area is 122 Å². The Balaban J connectivity index is 2.02. The van der Waals surface area contributed by atoms with E-state index in [1.165, 1.54) is 5.56 Å². The number of hydrogen-bond donors (Lipinski definition) is 1. The van der Waals surface area contributed by atoms with Crippen molar-refractivity contribution in [3.05, 3.63) is 52.7 Å². The van der Waals surface area contributed by atoms with Crippen LogP contribution in [0.1, 0.15) is 22.5 Å². The third-order valence-corrected chi connectivity index (χ3v) is 3.73. The van der Waals surface area contributed by atoms with E-state index in [4.69, 9.17) is 17.3 Å². The topological polar surface area (TPSA) is 59.2 Å². The van der Waals surface area contributed by atoms with Crippen molar-refractivity contribution in [2.45, 2.75) is 12.8 Å². The molecule has 2 heterocycles. The lowest BCUT2D eigenvalue weighted by molar-refractivity contribution is 0.0980. The number of halogens is 1. The molecule has 1 aliphatic rings. The molecule has 1 aromatic heterocycles. The highest BCUT2D eigenvalue weighted by atomic mass is 35.5. The van der Waals surface area contributed by atoms with Gasteiger partial charge < -0.3 is 10.6 Å². The molecule has 0 spiro atoms.